The molecule has 3 atom stereocenters. The monoisotopic (exact) mass is 256 g/mol. The molecule has 0 aromatic rings. The maximum absolute atomic E-state index is 13.1. The minimum atomic E-state index is -3.17. The Kier molecular flexibility index (Phi) is 3.03. The fourth-order valence-corrected chi connectivity index (χ4v) is 2.56. The van der Waals surface area contributed by atoms with Crippen LogP contribution >= 0.6 is 15.9 Å². The van der Waals surface area contributed by atoms with Crippen molar-refractivity contribution in [2.45, 2.75) is 43.5 Å². The van der Waals surface area contributed by atoms with Crippen LogP contribution in [-0.2, 0) is 0 Å². The van der Waals surface area contributed by atoms with Gasteiger partial charge in [-0.15, -0.1) is 0 Å². The molecule has 0 aromatic carbocycles. The highest BCUT2D eigenvalue weighted by Gasteiger charge is 2.55. The lowest BCUT2D eigenvalue weighted by atomic mass is 9.72. The fraction of sp³-hybridized carbons (Fsp3) is 1.00. The first kappa shape index (κ1) is 11.4. The summed E-state index contributed by atoms with van der Waals surface area (Å²) < 4.78 is 26.2. The van der Waals surface area contributed by atoms with Gasteiger partial charge in [0.15, 0.2) is 0 Å². The highest BCUT2D eigenvalue weighted by molar-refractivity contribution is 9.10. The minimum absolute atomic E-state index is 0.171. The summed E-state index contributed by atoms with van der Waals surface area (Å²) in [4.78, 5) is -3.17. The largest absolute Gasteiger partial charge is 0.382 e. The molecule has 1 saturated carbocycles. The molecule has 3 unspecified atom stereocenters. The van der Waals surface area contributed by atoms with Gasteiger partial charge in [0.1, 0.15) is 5.60 Å². The summed E-state index contributed by atoms with van der Waals surface area (Å²) in [5.74, 6) is -0.178. The maximum Gasteiger partial charge on any atom is 0.329 e. The first-order valence-electron chi connectivity index (χ1n) is 4.56. The van der Waals surface area contributed by atoms with E-state index in [-0.39, 0.29) is 18.3 Å². The molecule has 1 fully saturated rings. The Morgan fingerprint density at radius 3 is 2.31 bits per heavy atom. The van der Waals surface area contributed by atoms with Crippen molar-refractivity contribution in [2.75, 3.05) is 0 Å². The second kappa shape index (κ2) is 3.46. The van der Waals surface area contributed by atoms with Gasteiger partial charge >= 0.3 is 4.83 Å². The summed E-state index contributed by atoms with van der Waals surface area (Å²) in [6.45, 7) is 3.58. The van der Waals surface area contributed by atoms with Crippen molar-refractivity contribution in [3.63, 3.8) is 0 Å². The zero-order valence-corrected chi connectivity index (χ0v) is 9.44. The molecule has 0 saturated heterocycles. The molecule has 1 aliphatic carbocycles. The molecule has 13 heavy (non-hydrogen) atoms. The van der Waals surface area contributed by atoms with Crippen LogP contribution < -0.4 is 0 Å². The van der Waals surface area contributed by atoms with E-state index < -0.39 is 10.4 Å². The molecule has 0 radical (unpaired) electrons. The molecule has 1 aliphatic rings. The van der Waals surface area contributed by atoms with Crippen molar-refractivity contribution in [3.8, 4) is 0 Å². The average molecular weight is 257 g/mol. The SMILES string of the molecule is CC1CCC(C)C(O)(C(F)(F)Br)C1. The standard InChI is InChI=1S/C9H15BrF2O/c1-6-3-4-7(2)8(13,5-6)9(10,11)12/h6-7,13H,3-5H2,1-2H3. The van der Waals surface area contributed by atoms with E-state index >= 15 is 0 Å². The number of alkyl halides is 3. The Morgan fingerprint density at radius 2 is 1.92 bits per heavy atom. The van der Waals surface area contributed by atoms with Crippen molar-refractivity contribution < 1.29 is 13.9 Å². The Hall–Kier alpha value is 0.300. The molecule has 0 amide bonds. The van der Waals surface area contributed by atoms with Crippen LogP contribution in [0.15, 0.2) is 0 Å². The van der Waals surface area contributed by atoms with Crippen LogP contribution in [0.25, 0.3) is 0 Å². The summed E-state index contributed by atoms with van der Waals surface area (Å²) in [6, 6.07) is 0. The molecule has 0 aromatic heterocycles. The van der Waals surface area contributed by atoms with Crippen LogP contribution in [0.3, 0.4) is 0 Å². The smallest absolute Gasteiger partial charge is 0.329 e. The minimum Gasteiger partial charge on any atom is -0.382 e. The Bertz CT molecular complexity index is 193. The molecule has 78 valence electrons. The van der Waals surface area contributed by atoms with Crippen molar-refractivity contribution in [1.82, 2.24) is 0 Å². The van der Waals surface area contributed by atoms with Crippen LogP contribution in [0.4, 0.5) is 8.78 Å². The average Bonchev–Trinajstić information content (AvgIpc) is 1.95. The van der Waals surface area contributed by atoms with Crippen molar-refractivity contribution in [1.29, 1.82) is 0 Å². The summed E-state index contributed by atoms with van der Waals surface area (Å²) >= 11 is 2.28. The van der Waals surface area contributed by atoms with Crippen molar-refractivity contribution in [3.05, 3.63) is 0 Å². The molecule has 0 aliphatic heterocycles. The van der Waals surface area contributed by atoms with Gasteiger partial charge in [0.25, 0.3) is 0 Å². The van der Waals surface area contributed by atoms with Gasteiger partial charge in [-0.2, -0.15) is 8.78 Å². The molecular formula is C9H15BrF2O. The highest BCUT2D eigenvalue weighted by Crippen LogP contribution is 2.48. The second-order valence-corrected chi connectivity index (χ2v) is 5.21. The van der Waals surface area contributed by atoms with Gasteiger partial charge in [0, 0.05) is 0 Å². The van der Waals surface area contributed by atoms with E-state index in [2.05, 4.69) is 15.9 Å². The number of aliphatic hydroxyl groups is 1. The van der Waals surface area contributed by atoms with Crippen LogP contribution in [0.5, 0.6) is 0 Å². The van der Waals surface area contributed by atoms with E-state index in [0.717, 1.165) is 6.42 Å². The number of hydrogen-bond acceptors (Lipinski definition) is 1. The van der Waals surface area contributed by atoms with E-state index in [1.54, 1.807) is 6.92 Å². The Labute approximate surface area is 85.6 Å². The van der Waals surface area contributed by atoms with Gasteiger partial charge in [-0.3, -0.25) is 0 Å². The highest BCUT2D eigenvalue weighted by atomic mass is 79.9. The normalized spacial score (nSPS) is 42.0. The molecule has 1 N–H and O–H groups in total. The van der Waals surface area contributed by atoms with Crippen LogP contribution in [0.1, 0.15) is 33.1 Å². The number of rotatable bonds is 1. The lowest BCUT2D eigenvalue weighted by Crippen LogP contribution is -2.52. The van der Waals surface area contributed by atoms with Gasteiger partial charge in [0.05, 0.1) is 0 Å². The molecule has 4 heteroatoms. The lowest BCUT2D eigenvalue weighted by Gasteiger charge is -2.43. The summed E-state index contributed by atoms with van der Waals surface area (Å²) in [6.07, 6.45) is 1.76. The van der Waals surface area contributed by atoms with Crippen molar-refractivity contribution >= 4 is 15.9 Å². The molecular weight excluding hydrogens is 242 g/mol. The van der Waals surface area contributed by atoms with Gasteiger partial charge in [-0.25, -0.2) is 0 Å². The summed E-state index contributed by atoms with van der Waals surface area (Å²) in [5, 5.41) is 9.85. The van der Waals surface area contributed by atoms with Crippen LogP contribution in [0.2, 0.25) is 0 Å². The van der Waals surface area contributed by atoms with E-state index in [9.17, 15) is 13.9 Å². The van der Waals surface area contributed by atoms with Gasteiger partial charge < -0.3 is 5.11 Å². The number of halogens is 3. The lowest BCUT2D eigenvalue weighted by molar-refractivity contribution is -0.170. The predicted octanol–water partition coefficient (Wildman–Crippen LogP) is 3.16. The molecule has 0 heterocycles. The maximum atomic E-state index is 13.1. The summed E-state index contributed by atoms with van der Waals surface area (Å²) in [5.41, 5.74) is -1.87. The van der Waals surface area contributed by atoms with Gasteiger partial charge in [-0.1, -0.05) is 20.3 Å². The number of hydrogen-bond donors (Lipinski definition) is 1. The van der Waals surface area contributed by atoms with E-state index in [4.69, 9.17) is 0 Å². The van der Waals surface area contributed by atoms with Crippen molar-refractivity contribution in [2.24, 2.45) is 11.8 Å². The quantitative estimate of drug-likeness (QED) is 0.715. The third-order valence-electron chi connectivity index (χ3n) is 3.06. The Morgan fingerprint density at radius 1 is 1.38 bits per heavy atom. The Balaban J connectivity index is 2.85. The zero-order chi connectivity index (χ0) is 10.3. The molecule has 1 rings (SSSR count). The summed E-state index contributed by atoms with van der Waals surface area (Å²) in [7, 11) is 0. The molecule has 0 bridgehead atoms. The van der Waals surface area contributed by atoms with Gasteiger partial charge in [-0.05, 0) is 40.6 Å². The van der Waals surface area contributed by atoms with Gasteiger partial charge in [0.2, 0.25) is 0 Å². The molecule has 0 spiro atoms. The fourth-order valence-electron chi connectivity index (χ4n) is 2.00. The zero-order valence-electron chi connectivity index (χ0n) is 7.86. The third kappa shape index (κ3) is 2.04. The van der Waals surface area contributed by atoms with E-state index in [1.165, 1.54) is 0 Å². The van der Waals surface area contributed by atoms with Crippen LogP contribution in [-0.4, -0.2) is 15.5 Å². The van der Waals surface area contributed by atoms with E-state index in [0.29, 0.717) is 6.42 Å². The topological polar surface area (TPSA) is 20.2 Å². The first-order chi connectivity index (χ1) is 5.77. The predicted molar refractivity (Wildman–Crippen MR) is 51.0 cm³/mol. The van der Waals surface area contributed by atoms with Crippen LogP contribution in [0, 0.1) is 11.8 Å². The second-order valence-electron chi connectivity index (χ2n) is 4.21. The molecule has 1 nitrogen and oxygen atoms in total. The third-order valence-corrected chi connectivity index (χ3v) is 3.74. The first-order valence-corrected chi connectivity index (χ1v) is 5.36. The van der Waals surface area contributed by atoms with E-state index in [1.807, 2.05) is 6.92 Å².